The van der Waals surface area contributed by atoms with Crippen molar-refractivity contribution in [1.82, 2.24) is 15.1 Å². The second-order valence-electron chi connectivity index (χ2n) is 7.50. The summed E-state index contributed by atoms with van der Waals surface area (Å²) in [5.74, 6) is 0.497. The number of urea groups is 1. The third-order valence-electron chi connectivity index (χ3n) is 5.56. The molecule has 1 aliphatic heterocycles. The average Bonchev–Trinajstić information content (AvgIpc) is 3.38. The van der Waals surface area contributed by atoms with Crippen molar-refractivity contribution in [3.8, 4) is 0 Å². The van der Waals surface area contributed by atoms with Crippen LogP contribution in [0.5, 0.6) is 0 Å². The Balaban J connectivity index is 1.57. The molecule has 1 saturated carbocycles. The van der Waals surface area contributed by atoms with Gasteiger partial charge in [0.05, 0.1) is 6.61 Å². The zero-order valence-electron chi connectivity index (χ0n) is 16.2. The highest BCUT2D eigenvalue weighted by Crippen LogP contribution is 2.29. The number of carbonyl (C=O) groups excluding carboxylic acids is 1. The standard InChI is InChI=1S/C21H33N3O2/c1-3-23(4-2)15-19-8-6-5-7-18(19)13-22-21(25)24(20-9-10-20)14-17-11-12-26-16-17/h5-8,17,20H,3-4,9-16H2,1-2H3,(H,22,25). The minimum atomic E-state index is 0.0806. The predicted octanol–water partition coefficient (Wildman–Crippen LogP) is 3.24. The zero-order chi connectivity index (χ0) is 18.4. The molecule has 0 aromatic heterocycles. The highest BCUT2D eigenvalue weighted by atomic mass is 16.5. The van der Waals surface area contributed by atoms with Crippen molar-refractivity contribution in [3.05, 3.63) is 35.4 Å². The number of benzene rings is 1. The van der Waals surface area contributed by atoms with Gasteiger partial charge in [-0.05, 0) is 43.5 Å². The Morgan fingerprint density at radius 1 is 1.15 bits per heavy atom. The van der Waals surface area contributed by atoms with Crippen LogP contribution in [0.25, 0.3) is 0 Å². The van der Waals surface area contributed by atoms with Crippen LogP contribution in [-0.2, 0) is 17.8 Å². The Labute approximate surface area is 157 Å². The van der Waals surface area contributed by atoms with Crippen molar-refractivity contribution in [2.45, 2.75) is 52.2 Å². The summed E-state index contributed by atoms with van der Waals surface area (Å²) in [6.45, 7) is 10.4. The van der Waals surface area contributed by atoms with E-state index < -0.39 is 0 Å². The van der Waals surface area contributed by atoms with Crippen LogP contribution in [-0.4, -0.2) is 54.7 Å². The van der Waals surface area contributed by atoms with E-state index in [0.29, 0.717) is 18.5 Å². The lowest BCUT2D eigenvalue weighted by Gasteiger charge is -2.26. The second kappa shape index (κ2) is 9.38. The molecule has 1 heterocycles. The van der Waals surface area contributed by atoms with E-state index in [1.165, 1.54) is 11.1 Å². The Kier molecular flexibility index (Phi) is 6.92. The van der Waals surface area contributed by atoms with Gasteiger partial charge in [-0.15, -0.1) is 0 Å². The van der Waals surface area contributed by atoms with E-state index in [2.05, 4.69) is 48.3 Å². The Hall–Kier alpha value is -1.59. The van der Waals surface area contributed by atoms with Gasteiger partial charge in [-0.2, -0.15) is 0 Å². The van der Waals surface area contributed by atoms with Gasteiger partial charge in [0.1, 0.15) is 0 Å². The quantitative estimate of drug-likeness (QED) is 0.736. The molecule has 5 heteroatoms. The monoisotopic (exact) mass is 359 g/mol. The number of rotatable bonds is 9. The van der Waals surface area contributed by atoms with Crippen LogP contribution >= 0.6 is 0 Å². The van der Waals surface area contributed by atoms with Gasteiger partial charge in [0.2, 0.25) is 0 Å². The first-order valence-electron chi connectivity index (χ1n) is 10.1. The van der Waals surface area contributed by atoms with Gasteiger partial charge in [0.25, 0.3) is 0 Å². The summed E-state index contributed by atoms with van der Waals surface area (Å²) in [5, 5.41) is 3.17. The van der Waals surface area contributed by atoms with Crippen molar-refractivity contribution < 1.29 is 9.53 Å². The average molecular weight is 360 g/mol. The van der Waals surface area contributed by atoms with Gasteiger partial charge < -0.3 is 15.0 Å². The molecule has 144 valence electrons. The van der Waals surface area contributed by atoms with Crippen molar-refractivity contribution in [2.24, 2.45) is 5.92 Å². The highest BCUT2D eigenvalue weighted by molar-refractivity contribution is 5.75. The van der Waals surface area contributed by atoms with Crippen LogP contribution in [0.15, 0.2) is 24.3 Å². The predicted molar refractivity (Wildman–Crippen MR) is 104 cm³/mol. The maximum atomic E-state index is 12.8. The Bertz CT molecular complexity index is 578. The molecule has 0 bridgehead atoms. The molecule has 2 amide bonds. The molecule has 2 fully saturated rings. The number of hydrogen-bond acceptors (Lipinski definition) is 3. The first kappa shape index (κ1) is 19.2. The number of hydrogen-bond donors (Lipinski definition) is 1. The maximum Gasteiger partial charge on any atom is 0.317 e. The Morgan fingerprint density at radius 3 is 2.50 bits per heavy atom. The van der Waals surface area contributed by atoms with Gasteiger partial charge in [-0.3, -0.25) is 4.90 Å². The largest absolute Gasteiger partial charge is 0.381 e. The molecule has 1 aromatic rings. The van der Waals surface area contributed by atoms with Crippen LogP contribution in [0.1, 0.15) is 44.2 Å². The SMILES string of the molecule is CCN(CC)Cc1ccccc1CNC(=O)N(CC1CCOC1)C1CC1. The molecular weight excluding hydrogens is 326 g/mol. The second-order valence-corrected chi connectivity index (χ2v) is 7.50. The minimum absolute atomic E-state index is 0.0806. The molecular formula is C21H33N3O2. The third-order valence-corrected chi connectivity index (χ3v) is 5.56. The van der Waals surface area contributed by atoms with E-state index in [1.807, 2.05) is 4.90 Å². The topological polar surface area (TPSA) is 44.8 Å². The lowest BCUT2D eigenvalue weighted by atomic mass is 10.1. The van der Waals surface area contributed by atoms with Crippen LogP contribution in [0, 0.1) is 5.92 Å². The van der Waals surface area contributed by atoms with Crippen molar-refractivity contribution >= 4 is 6.03 Å². The number of nitrogens with zero attached hydrogens (tertiary/aromatic N) is 2. The van der Waals surface area contributed by atoms with E-state index in [-0.39, 0.29) is 6.03 Å². The van der Waals surface area contributed by atoms with Crippen LogP contribution in [0.2, 0.25) is 0 Å². The van der Waals surface area contributed by atoms with Crippen molar-refractivity contribution in [2.75, 3.05) is 32.8 Å². The molecule has 1 aliphatic carbocycles. The number of amides is 2. The summed E-state index contributed by atoms with van der Waals surface area (Å²) in [6.07, 6.45) is 3.35. The normalized spacial score (nSPS) is 19.7. The van der Waals surface area contributed by atoms with Crippen LogP contribution < -0.4 is 5.32 Å². The Morgan fingerprint density at radius 2 is 1.88 bits per heavy atom. The van der Waals surface area contributed by atoms with Crippen LogP contribution in [0.4, 0.5) is 4.79 Å². The van der Waals surface area contributed by atoms with E-state index in [4.69, 9.17) is 4.74 Å². The summed E-state index contributed by atoms with van der Waals surface area (Å²) in [4.78, 5) is 17.2. The fourth-order valence-corrected chi connectivity index (χ4v) is 3.63. The molecule has 3 rings (SSSR count). The van der Waals surface area contributed by atoms with Crippen LogP contribution in [0.3, 0.4) is 0 Å². The fourth-order valence-electron chi connectivity index (χ4n) is 3.63. The first-order chi connectivity index (χ1) is 12.7. The van der Waals surface area contributed by atoms with Gasteiger partial charge in [-0.25, -0.2) is 4.79 Å². The summed E-state index contributed by atoms with van der Waals surface area (Å²) in [5.41, 5.74) is 2.52. The van der Waals surface area contributed by atoms with Gasteiger partial charge in [0.15, 0.2) is 0 Å². The summed E-state index contributed by atoms with van der Waals surface area (Å²) < 4.78 is 5.48. The van der Waals surface area contributed by atoms with Gasteiger partial charge in [-0.1, -0.05) is 38.1 Å². The molecule has 1 aromatic carbocycles. The molecule has 1 saturated heterocycles. The number of ether oxygens (including phenoxy) is 1. The summed E-state index contributed by atoms with van der Waals surface area (Å²) in [7, 11) is 0. The zero-order valence-corrected chi connectivity index (χ0v) is 16.2. The van der Waals surface area contributed by atoms with Crippen molar-refractivity contribution in [1.29, 1.82) is 0 Å². The van der Waals surface area contributed by atoms with E-state index in [1.54, 1.807) is 0 Å². The van der Waals surface area contributed by atoms with Crippen molar-refractivity contribution in [3.63, 3.8) is 0 Å². The molecule has 2 aliphatic rings. The van der Waals surface area contributed by atoms with Gasteiger partial charge >= 0.3 is 6.03 Å². The number of carbonyl (C=O) groups is 1. The molecule has 0 radical (unpaired) electrons. The third kappa shape index (κ3) is 5.21. The molecule has 26 heavy (non-hydrogen) atoms. The molecule has 5 nitrogen and oxygen atoms in total. The molecule has 1 atom stereocenters. The lowest BCUT2D eigenvalue weighted by molar-refractivity contribution is 0.162. The lowest BCUT2D eigenvalue weighted by Crippen LogP contribution is -2.43. The van der Waals surface area contributed by atoms with Gasteiger partial charge in [0, 0.05) is 38.2 Å². The fraction of sp³-hybridized carbons (Fsp3) is 0.667. The maximum absolute atomic E-state index is 12.8. The van der Waals surface area contributed by atoms with E-state index >= 15 is 0 Å². The van der Waals surface area contributed by atoms with E-state index in [9.17, 15) is 4.79 Å². The highest BCUT2D eigenvalue weighted by Gasteiger charge is 2.34. The minimum Gasteiger partial charge on any atom is -0.381 e. The summed E-state index contributed by atoms with van der Waals surface area (Å²) >= 11 is 0. The molecule has 1 unspecified atom stereocenters. The first-order valence-corrected chi connectivity index (χ1v) is 10.1. The smallest absolute Gasteiger partial charge is 0.317 e. The number of nitrogens with one attached hydrogen (secondary N) is 1. The molecule has 1 N–H and O–H groups in total. The van der Waals surface area contributed by atoms with E-state index in [0.717, 1.165) is 58.7 Å². The summed E-state index contributed by atoms with van der Waals surface area (Å²) in [6, 6.07) is 8.96. The molecule has 0 spiro atoms.